The lowest BCUT2D eigenvalue weighted by atomic mass is 10.1. The highest BCUT2D eigenvalue weighted by molar-refractivity contribution is 5.86. The van der Waals surface area contributed by atoms with Gasteiger partial charge in [-0.2, -0.15) is 0 Å². The van der Waals surface area contributed by atoms with Crippen LogP contribution in [0.1, 0.15) is 5.56 Å². The van der Waals surface area contributed by atoms with Gasteiger partial charge in [-0.15, -0.1) is 0 Å². The quantitative estimate of drug-likeness (QED) is 0.459. The van der Waals surface area contributed by atoms with Crippen LogP contribution in [0.3, 0.4) is 0 Å². The molecule has 6 N–H and O–H groups in total. The molecule has 0 aliphatic carbocycles. The molecule has 1 saturated heterocycles. The summed E-state index contributed by atoms with van der Waals surface area (Å²) in [5.74, 6) is 0.376. The van der Waals surface area contributed by atoms with Crippen LogP contribution in [0.15, 0.2) is 12.5 Å². The largest absolute Gasteiger partial charge is 0.395 e. The predicted molar refractivity (Wildman–Crippen MR) is 71.6 cm³/mol. The van der Waals surface area contributed by atoms with Crippen molar-refractivity contribution in [2.75, 3.05) is 18.9 Å². The van der Waals surface area contributed by atoms with Gasteiger partial charge in [-0.05, 0) is 0 Å². The van der Waals surface area contributed by atoms with Gasteiger partial charge < -0.3 is 26.0 Å². The molecule has 3 heterocycles. The van der Waals surface area contributed by atoms with Crippen LogP contribution in [-0.2, 0) is 6.54 Å². The molecule has 3 rings (SSSR count). The number of anilines is 1. The van der Waals surface area contributed by atoms with Gasteiger partial charge in [0.1, 0.15) is 11.8 Å². The number of aliphatic hydroxyl groups excluding tert-OH is 3. The maximum Gasteiger partial charge on any atom is 0.151 e. The fourth-order valence-corrected chi connectivity index (χ4v) is 2.71. The highest BCUT2D eigenvalue weighted by Gasteiger charge is 2.39. The van der Waals surface area contributed by atoms with Crippen LogP contribution in [-0.4, -0.2) is 66.6 Å². The molecule has 1 fully saturated rings. The number of nitrogens with zero attached hydrogens (tertiary/aromatic N) is 3. The van der Waals surface area contributed by atoms with Crippen molar-refractivity contribution in [2.24, 2.45) is 0 Å². The average Bonchev–Trinajstić information content (AvgIpc) is 2.94. The first-order valence-electron chi connectivity index (χ1n) is 6.39. The molecule has 8 nitrogen and oxygen atoms in total. The van der Waals surface area contributed by atoms with Gasteiger partial charge in [0, 0.05) is 24.8 Å². The second-order valence-electron chi connectivity index (χ2n) is 5.03. The Balaban J connectivity index is 1.88. The molecule has 1 aliphatic rings. The van der Waals surface area contributed by atoms with Crippen LogP contribution in [0.25, 0.3) is 11.0 Å². The van der Waals surface area contributed by atoms with Crippen molar-refractivity contribution in [2.45, 2.75) is 24.8 Å². The smallest absolute Gasteiger partial charge is 0.151 e. The van der Waals surface area contributed by atoms with Gasteiger partial charge in [0.15, 0.2) is 5.82 Å². The Labute approximate surface area is 114 Å². The van der Waals surface area contributed by atoms with Crippen molar-refractivity contribution in [1.82, 2.24) is 19.9 Å². The first-order chi connectivity index (χ1) is 9.61. The highest BCUT2D eigenvalue weighted by Crippen LogP contribution is 2.25. The number of likely N-dealkylation sites (tertiary alicyclic amines) is 1. The van der Waals surface area contributed by atoms with E-state index in [-0.39, 0.29) is 6.61 Å². The van der Waals surface area contributed by atoms with E-state index < -0.39 is 18.2 Å². The summed E-state index contributed by atoms with van der Waals surface area (Å²) in [6, 6.07) is -0.478. The maximum absolute atomic E-state index is 9.81. The average molecular weight is 279 g/mol. The van der Waals surface area contributed by atoms with Crippen LogP contribution in [0.4, 0.5) is 5.82 Å². The molecule has 1 aliphatic heterocycles. The number of fused-ring (bicyclic) bond motifs is 1. The predicted octanol–water partition coefficient (Wildman–Crippen LogP) is -1.56. The Morgan fingerprint density at radius 3 is 2.95 bits per heavy atom. The molecular weight excluding hydrogens is 262 g/mol. The monoisotopic (exact) mass is 279 g/mol. The minimum absolute atomic E-state index is 0.211. The summed E-state index contributed by atoms with van der Waals surface area (Å²) in [6.07, 6.45) is 1.38. The van der Waals surface area contributed by atoms with E-state index in [4.69, 9.17) is 5.73 Å². The van der Waals surface area contributed by atoms with Crippen molar-refractivity contribution in [1.29, 1.82) is 0 Å². The van der Waals surface area contributed by atoms with Crippen LogP contribution in [0.5, 0.6) is 0 Å². The SMILES string of the molecule is Nc1ncnc2c(CN3C[C@H](O)[C@H](O)[C@H]3CO)c[nH]c12. The molecule has 0 unspecified atom stereocenters. The summed E-state index contributed by atoms with van der Waals surface area (Å²) < 4.78 is 0. The van der Waals surface area contributed by atoms with Gasteiger partial charge in [0.25, 0.3) is 0 Å². The molecule has 2 aromatic heterocycles. The van der Waals surface area contributed by atoms with Gasteiger partial charge in [-0.1, -0.05) is 0 Å². The minimum Gasteiger partial charge on any atom is -0.395 e. The molecule has 108 valence electrons. The number of aromatic nitrogens is 3. The van der Waals surface area contributed by atoms with Crippen molar-refractivity contribution in [3.8, 4) is 0 Å². The Morgan fingerprint density at radius 2 is 2.20 bits per heavy atom. The van der Waals surface area contributed by atoms with Gasteiger partial charge in [0.2, 0.25) is 0 Å². The van der Waals surface area contributed by atoms with Gasteiger partial charge >= 0.3 is 0 Å². The molecule has 8 heteroatoms. The van der Waals surface area contributed by atoms with Crippen LogP contribution in [0.2, 0.25) is 0 Å². The summed E-state index contributed by atoms with van der Waals surface area (Å²) in [5, 5.41) is 28.9. The first kappa shape index (κ1) is 13.3. The second kappa shape index (κ2) is 4.98. The zero-order valence-electron chi connectivity index (χ0n) is 10.8. The van der Waals surface area contributed by atoms with Crippen LogP contribution in [0, 0.1) is 0 Å². The van der Waals surface area contributed by atoms with E-state index >= 15 is 0 Å². The molecule has 0 spiro atoms. The van der Waals surface area contributed by atoms with E-state index in [0.29, 0.717) is 29.9 Å². The molecule has 3 atom stereocenters. The second-order valence-corrected chi connectivity index (χ2v) is 5.03. The number of hydrogen-bond acceptors (Lipinski definition) is 7. The van der Waals surface area contributed by atoms with Gasteiger partial charge in [0.05, 0.1) is 30.4 Å². The number of aromatic amines is 1. The number of nitrogens with two attached hydrogens (primary N) is 1. The Morgan fingerprint density at radius 1 is 1.40 bits per heavy atom. The number of nitrogen functional groups attached to an aromatic ring is 1. The van der Waals surface area contributed by atoms with Gasteiger partial charge in [-0.3, -0.25) is 4.90 Å². The topological polar surface area (TPSA) is 132 Å². The Bertz CT molecular complexity index is 616. The van der Waals surface area contributed by atoms with E-state index in [1.807, 2.05) is 4.90 Å². The highest BCUT2D eigenvalue weighted by atomic mass is 16.3. The number of aliphatic hydroxyl groups is 3. The van der Waals surface area contributed by atoms with Crippen molar-refractivity contribution in [3.63, 3.8) is 0 Å². The van der Waals surface area contributed by atoms with Crippen LogP contribution >= 0.6 is 0 Å². The zero-order valence-corrected chi connectivity index (χ0v) is 10.8. The summed E-state index contributed by atoms with van der Waals surface area (Å²) in [4.78, 5) is 13.0. The van der Waals surface area contributed by atoms with Crippen molar-refractivity contribution >= 4 is 16.9 Å². The van der Waals surface area contributed by atoms with E-state index in [1.165, 1.54) is 6.33 Å². The summed E-state index contributed by atoms with van der Waals surface area (Å²) >= 11 is 0. The lowest BCUT2D eigenvalue weighted by molar-refractivity contribution is 0.0210. The maximum atomic E-state index is 9.81. The molecule has 0 saturated carbocycles. The van der Waals surface area contributed by atoms with Gasteiger partial charge in [-0.25, -0.2) is 9.97 Å². The fourth-order valence-electron chi connectivity index (χ4n) is 2.71. The third-order valence-electron chi connectivity index (χ3n) is 3.81. The molecule has 20 heavy (non-hydrogen) atoms. The standard InChI is InChI=1S/C12H17N5O3/c13-12-10-9(15-5-16-12)6(1-14-10)2-17-3-8(19)11(20)7(17)4-18/h1,5,7-8,11,14,18-20H,2-4H2,(H2,13,15,16)/t7-,8+,11-/m1/s1. The first-order valence-corrected chi connectivity index (χ1v) is 6.39. The van der Waals surface area contributed by atoms with Crippen molar-refractivity contribution < 1.29 is 15.3 Å². The lowest BCUT2D eigenvalue weighted by Gasteiger charge is -2.23. The van der Waals surface area contributed by atoms with E-state index in [0.717, 1.165) is 5.56 Å². The zero-order chi connectivity index (χ0) is 14.3. The number of rotatable bonds is 3. The molecule has 0 bridgehead atoms. The molecule has 0 aromatic carbocycles. The fraction of sp³-hybridized carbons (Fsp3) is 0.500. The lowest BCUT2D eigenvalue weighted by Crippen LogP contribution is -2.38. The number of H-pyrrole nitrogens is 1. The summed E-state index contributed by atoms with van der Waals surface area (Å²) in [7, 11) is 0. The molecule has 0 radical (unpaired) electrons. The molecule has 0 amide bonds. The number of nitrogens with one attached hydrogen (secondary N) is 1. The number of hydrogen-bond donors (Lipinski definition) is 5. The number of β-amino-alcohol motifs (C(OH)–C–C–N with tert-alkyl or cyclic N) is 1. The summed E-state index contributed by atoms with van der Waals surface area (Å²) in [6.45, 7) is 0.549. The van der Waals surface area contributed by atoms with Crippen molar-refractivity contribution in [3.05, 3.63) is 18.1 Å². The van der Waals surface area contributed by atoms with Crippen LogP contribution < -0.4 is 5.73 Å². The Hall–Kier alpha value is -1.74. The molecular formula is C12H17N5O3. The Kier molecular flexibility index (Phi) is 3.30. The van der Waals surface area contributed by atoms with E-state index in [1.54, 1.807) is 6.20 Å². The summed E-state index contributed by atoms with van der Waals surface area (Å²) in [5.41, 5.74) is 8.03. The normalized spacial score (nSPS) is 27.4. The minimum atomic E-state index is -0.940. The van der Waals surface area contributed by atoms with E-state index in [2.05, 4.69) is 15.0 Å². The third-order valence-corrected chi connectivity index (χ3v) is 3.81. The van der Waals surface area contributed by atoms with E-state index in [9.17, 15) is 15.3 Å². The molecule has 2 aromatic rings. The third kappa shape index (κ3) is 2.02.